The van der Waals surface area contributed by atoms with Crippen LogP contribution in [0.25, 0.3) is 5.65 Å². The second-order valence-corrected chi connectivity index (χ2v) is 4.79. The van der Waals surface area contributed by atoms with Gasteiger partial charge in [0.2, 0.25) is 5.78 Å². The summed E-state index contributed by atoms with van der Waals surface area (Å²) in [5.41, 5.74) is 0.972. The number of fused-ring (bicyclic) bond motifs is 1. The first-order chi connectivity index (χ1) is 10.1. The van der Waals surface area contributed by atoms with Crippen molar-refractivity contribution < 1.29 is 9.72 Å². The largest absolute Gasteiger partial charge is 0.295 e. The molecule has 3 rings (SSSR count). The van der Waals surface area contributed by atoms with Crippen molar-refractivity contribution in [3.05, 3.63) is 75.2 Å². The normalized spacial score (nSPS) is 10.7. The van der Waals surface area contributed by atoms with Crippen molar-refractivity contribution in [2.45, 2.75) is 0 Å². The fourth-order valence-electron chi connectivity index (χ4n) is 2.03. The quantitative estimate of drug-likeness (QED) is 0.423. The highest BCUT2D eigenvalue weighted by molar-refractivity contribution is 6.30. The number of carbonyl (C=O) groups is 1. The zero-order valence-corrected chi connectivity index (χ0v) is 11.3. The molecule has 1 aromatic carbocycles. The van der Waals surface area contributed by atoms with E-state index in [9.17, 15) is 14.9 Å². The number of benzene rings is 1. The summed E-state index contributed by atoms with van der Waals surface area (Å²) >= 11 is 5.92. The molecule has 2 aromatic heterocycles. The van der Waals surface area contributed by atoms with Crippen molar-refractivity contribution in [1.29, 1.82) is 0 Å². The van der Waals surface area contributed by atoms with E-state index in [0.29, 0.717) is 16.4 Å². The van der Waals surface area contributed by atoms with Crippen LogP contribution in [0.2, 0.25) is 5.02 Å². The summed E-state index contributed by atoms with van der Waals surface area (Å²) in [4.78, 5) is 26.8. The van der Waals surface area contributed by atoms with Crippen LogP contribution < -0.4 is 0 Å². The van der Waals surface area contributed by atoms with Crippen molar-refractivity contribution in [2.75, 3.05) is 0 Å². The Morgan fingerprint density at radius 3 is 2.86 bits per heavy atom. The van der Waals surface area contributed by atoms with Crippen LogP contribution in [-0.4, -0.2) is 20.1 Å². The number of hydrogen-bond donors (Lipinski definition) is 0. The Hall–Kier alpha value is -2.73. The standard InChI is InChI=1S/C14H8ClN3O3/c15-10-4-5-13-16-7-12(17(13)8-10)14(19)9-2-1-3-11(6-9)18(20)21/h1-8H. The lowest BCUT2D eigenvalue weighted by Crippen LogP contribution is -2.05. The van der Waals surface area contributed by atoms with Gasteiger partial charge in [-0.1, -0.05) is 23.7 Å². The van der Waals surface area contributed by atoms with Gasteiger partial charge in [0, 0.05) is 23.9 Å². The van der Waals surface area contributed by atoms with Crippen LogP contribution >= 0.6 is 11.6 Å². The van der Waals surface area contributed by atoms with Crippen LogP contribution in [0.5, 0.6) is 0 Å². The third-order valence-electron chi connectivity index (χ3n) is 3.02. The first kappa shape index (κ1) is 13.3. The van der Waals surface area contributed by atoms with Gasteiger partial charge < -0.3 is 0 Å². The fourth-order valence-corrected chi connectivity index (χ4v) is 2.19. The topological polar surface area (TPSA) is 77.5 Å². The van der Waals surface area contributed by atoms with Gasteiger partial charge in [0.05, 0.1) is 16.1 Å². The lowest BCUT2D eigenvalue weighted by molar-refractivity contribution is -0.384. The van der Waals surface area contributed by atoms with Crippen molar-refractivity contribution >= 4 is 28.7 Å². The van der Waals surface area contributed by atoms with Crippen LogP contribution in [0.4, 0.5) is 5.69 Å². The first-order valence-electron chi connectivity index (χ1n) is 5.98. The number of non-ortho nitro benzene ring substituents is 1. The number of ketones is 1. The monoisotopic (exact) mass is 301 g/mol. The van der Waals surface area contributed by atoms with E-state index >= 15 is 0 Å². The van der Waals surface area contributed by atoms with Crippen molar-refractivity contribution in [1.82, 2.24) is 9.38 Å². The number of aromatic nitrogens is 2. The minimum atomic E-state index is -0.540. The molecule has 0 atom stereocenters. The molecule has 0 radical (unpaired) electrons. The molecule has 0 spiro atoms. The highest BCUT2D eigenvalue weighted by atomic mass is 35.5. The summed E-state index contributed by atoms with van der Waals surface area (Å²) in [6.07, 6.45) is 3.00. The minimum absolute atomic E-state index is 0.132. The molecule has 0 unspecified atom stereocenters. The molecule has 0 amide bonds. The SMILES string of the molecule is O=C(c1cccc([N+](=O)[O-])c1)c1cnc2ccc(Cl)cn12. The van der Waals surface area contributed by atoms with Crippen LogP contribution in [-0.2, 0) is 0 Å². The van der Waals surface area contributed by atoms with Gasteiger partial charge in [-0.25, -0.2) is 4.98 Å². The third-order valence-corrected chi connectivity index (χ3v) is 3.24. The third kappa shape index (κ3) is 2.36. The second-order valence-electron chi connectivity index (χ2n) is 4.36. The van der Waals surface area contributed by atoms with E-state index in [0.717, 1.165) is 0 Å². The van der Waals surface area contributed by atoms with Gasteiger partial charge in [0.15, 0.2) is 0 Å². The molecular formula is C14H8ClN3O3. The van der Waals surface area contributed by atoms with Gasteiger partial charge in [0.25, 0.3) is 5.69 Å². The molecule has 0 aliphatic heterocycles. The van der Waals surface area contributed by atoms with Crippen LogP contribution in [0, 0.1) is 10.1 Å². The average Bonchev–Trinajstić information content (AvgIpc) is 2.89. The number of nitrogens with zero attached hydrogens (tertiary/aromatic N) is 3. The van der Waals surface area contributed by atoms with E-state index < -0.39 is 4.92 Å². The molecule has 0 aliphatic rings. The molecule has 0 N–H and O–H groups in total. The first-order valence-corrected chi connectivity index (χ1v) is 6.36. The molecule has 0 fully saturated rings. The Morgan fingerprint density at radius 1 is 1.29 bits per heavy atom. The van der Waals surface area contributed by atoms with Crippen molar-refractivity contribution in [3.63, 3.8) is 0 Å². The fraction of sp³-hybridized carbons (Fsp3) is 0. The summed E-state index contributed by atoms with van der Waals surface area (Å²) in [6, 6.07) is 8.94. The van der Waals surface area contributed by atoms with Crippen molar-refractivity contribution in [3.8, 4) is 0 Å². The Labute approximate surface area is 123 Å². The van der Waals surface area contributed by atoms with E-state index in [1.165, 1.54) is 30.5 Å². The zero-order valence-electron chi connectivity index (χ0n) is 10.6. The molecule has 0 saturated carbocycles. The number of imidazole rings is 1. The lowest BCUT2D eigenvalue weighted by atomic mass is 10.1. The van der Waals surface area contributed by atoms with Gasteiger partial charge in [-0.3, -0.25) is 19.3 Å². The molecule has 3 aromatic rings. The smallest absolute Gasteiger partial charge is 0.270 e. The Bertz CT molecular complexity index is 873. The summed E-state index contributed by atoms with van der Waals surface area (Å²) in [5, 5.41) is 11.2. The van der Waals surface area contributed by atoms with Crippen LogP contribution in [0.15, 0.2) is 48.8 Å². The van der Waals surface area contributed by atoms with E-state index in [2.05, 4.69) is 4.98 Å². The summed E-state index contributed by atoms with van der Waals surface area (Å²) in [7, 11) is 0. The van der Waals surface area contributed by atoms with Gasteiger partial charge >= 0.3 is 0 Å². The number of nitro groups is 1. The van der Waals surface area contributed by atoms with Gasteiger partial charge in [-0.05, 0) is 12.1 Å². The molecule has 7 heteroatoms. The highest BCUT2D eigenvalue weighted by Crippen LogP contribution is 2.19. The maximum Gasteiger partial charge on any atom is 0.270 e. The van der Waals surface area contributed by atoms with Crippen LogP contribution in [0.3, 0.4) is 0 Å². The Kier molecular flexibility index (Phi) is 3.15. The summed E-state index contributed by atoms with van der Waals surface area (Å²) in [5.74, 6) is -0.353. The number of hydrogen-bond acceptors (Lipinski definition) is 4. The molecule has 6 nitrogen and oxygen atoms in total. The number of rotatable bonds is 3. The van der Waals surface area contributed by atoms with Gasteiger partial charge in [-0.2, -0.15) is 0 Å². The number of nitro benzene ring substituents is 1. The van der Waals surface area contributed by atoms with E-state index in [1.807, 2.05) is 0 Å². The predicted octanol–water partition coefficient (Wildman–Crippen LogP) is 3.13. The van der Waals surface area contributed by atoms with E-state index in [-0.39, 0.29) is 17.0 Å². The Morgan fingerprint density at radius 2 is 2.10 bits per heavy atom. The maximum absolute atomic E-state index is 12.5. The molecular weight excluding hydrogens is 294 g/mol. The number of halogens is 1. The van der Waals surface area contributed by atoms with Gasteiger partial charge in [0.1, 0.15) is 11.3 Å². The van der Waals surface area contributed by atoms with E-state index in [1.54, 1.807) is 22.7 Å². The molecule has 0 bridgehead atoms. The molecule has 0 saturated heterocycles. The molecule has 21 heavy (non-hydrogen) atoms. The molecule has 104 valence electrons. The second kappa shape index (κ2) is 4.99. The predicted molar refractivity (Wildman–Crippen MR) is 76.7 cm³/mol. The number of pyridine rings is 1. The van der Waals surface area contributed by atoms with Crippen molar-refractivity contribution in [2.24, 2.45) is 0 Å². The van der Waals surface area contributed by atoms with Gasteiger partial charge in [-0.15, -0.1) is 0 Å². The molecule has 2 heterocycles. The summed E-state index contributed by atoms with van der Waals surface area (Å²) < 4.78 is 1.56. The zero-order chi connectivity index (χ0) is 15.0. The Balaban J connectivity index is 2.10. The average molecular weight is 302 g/mol. The van der Waals surface area contributed by atoms with Crippen LogP contribution in [0.1, 0.15) is 16.1 Å². The minimum Gasteiger partial charge on any atom is -0.295 e. The maximum atomic E-state index is 12.5. The number of carbonyl (C=O) groups excluding carboxylic acids is 1. The molecule has 0 aliphatic carbocycles. The summed E-state index contributed by atoms with van der Waals surface area (Å²) in [6.45, 7) is 0. The van der Waals surface area contributed by atoms with E-state index in [4.69, 9.17) is 11.6 Å². The highest BCUT2D eigenvalue weighted by Gasteiger charge is 2.17. The lowest BCUT2D eigenvalue weighted by Gasteiger charge is -2.02.